The Balaban J connectivity index is 4.96. The summed E-state index contributed by atoms with van der Waals surface area (Å²) in [5.41, 5.74) is 0. The maximum absolute atomic E-state index is 13.6. The van der Waals surface area contributed by atoms with Crippen LogP contribution in [-0.2, 0) is 27.9 Å². The summed E-state index contributed by atoms with van der Waals surface area (Å²) in [6.07, 6.45) is 92.2. The number of quaternary nitrogens is 1. The van der Waals surface area contributed by atoms with Gasteiger partial charge in [0.25, 0.3) is 0 Å². The van der Waals surface area contributed by atoms with Gasteiger partial charge in [0.15, 0.2) is 0 Å². The molecule has 0 radical (unpaired) electrons. The van der Waals surface area contributed by atoms with Crippen molar-refractivity contribution >= 4 is 19.7 Å². The van der Waals surface area contributed by atoms with Crippen LogP contribution in [-0.4, -0.2) is 74.3 Å². The smallest absolute Gasteiger partial charge is 0.456 e. The van der Waals surface area contributed by atoms with Crippen LogP contribution in [0.2, 0.25) is 0 Å². The summed E-state index contributed by atoms with van der Waals surface area (Å²) in [4.78, 5) is 38.0. The second kappa shape index (κ2) is 69.3. The van der Waals surface area contributed by atoms with Crippen LogP contribution in [0.15, 0.2) is 72.9 Å². The number of carbonyl (C=O) groups excluding carboxylic acids is 2. The lowest BCUT2D eigenvalue weighted by Crippen LogP contribution is -2.47. The maximum Gasteiger partial charge on any atom is 0.472 e. The van der Waals surface area contributed by atoms with Gasteiger partial charge in [-0.05, 0) is 102 Å². The standard InChI is InChI=1S/C80H149N2O7P/c1-7-10-13-16-19-22-25-28-30-32-34-36-38-40-41-43-45-47-49-51-53-55-58-61-64-67-70-73-80(84)89-78(71-68-65-62-59-56-27-24-21-18-15-12-9-3)77(76-88-90(85,86)87-75-74-82(4,5)6)81-79(83)72-69-66-63-60-57-54-52-50-48-46-44-42-39-37-35-33-31-29-26-23-20-17-14-11-8-2/h20,23,28-31,35,37,42,44,68,71,77-78H,7-19,21-22,24-27,32-34,36,38-41,43,45-67,69-70,72-76H2,1-6H3,(H-,81,83,85,86)/p+1/b23-20-,30-28+,31-29-,37-35-,44-42-,71-68+. The maximum atomic E-state index is 13.6. The number of hydrogen-bond acceptors (Lipinski definition) is 6. The number of esters is 1. The number of amides is 1. The Morgan fingerprint density at radius 1 is 0.389 bits per heavy atom. The molecule has 1 amide bonds. The highest BCUT2D eigenvalue weighted by Gasteiger charge is 2.30. The molecule has 0 aromatic rings. The first-order chi connectivity index (χ1) is 43.9. The van der Waals surface area contributed by atoms with Crippen molar-refractivity contribution in [3.8, 4) is 0 Å². The van der Waals surface area contributed by atoms with Crippen LogP contribution in [0.4, 0.5) is 0 Å². The van der Waals surface area contributed by atoms with E-state index < -0.39 is 20.0 Å². The Labute approximate surface area is 559 Å². The zero-order chi connectivity index (χ0) is 65.6. The molecule has 3 unspecified atom stereocenters. The van der Waals surface area contributed by atoms with Gasteiger partial charge in [-0.25, -0.2) is 4.57 Å². The molecule has 3 atom stereocenters. The molecule has 0 saturated carbocycles. The molecule has 0 aromatic heterocycles. The van der Waals surface area contributed by atoms with Gasteiger partial charge in [0.2, 0.25) is 5.91 Å². The minimum atomic E-state index is -4.46. The molecule has 2 N–H and O–H groups in total. The summed E-state index contributed by atoms with van der Waals surface area (Å²) in [6, 6.07) is -0.854. The van der Waals surface area contributed by atoms with Crippen molar-refractivity contribution in [1.29, 1.82) is 0 Å². The summed E-state index contributed by atoms with van der Waals surface area (Å²) in [5.74, 6) is -0.498. The first kappa shape index (κ1) is 87.5. The van der Waals surface area contributed by atoms with E-state index >= 15 is 0 Å². The fraction of sp³-hybridized carbons (Fsp3) is 0.825. The van der Waals surface area contributed by atoms with Crippen molar-refractivity contribution in [2.75, 3.05) is 40.9 Å². The first-order valence-electron chi connectivity index (χ1n) is 38.8. The van der Waals surface area contributed by atoms with Crippen molar-refractivity contribution in [1.82, 2.24) is 5.32 Å². The van der Waals surface area contributed by atoms with Gasteiger partial charge in [0.1, 0.15) is 19.3 Å². The zero-order valence-electron chi connectivity index (χ0n) is 60.4. The van der Waals surface area contributed by atoms with Crippen molar-refractivity contribution in [3.63, 3.8) is 0 Å². The van der Waals surface area contributed by atoms with Crippen LogP contribution in [0, 0.1) is 0 Å². The minimum Gasteiger partial charge on any atom is -0.456 e. The fourth-order valence-electron chi connectivity index (χ4n) is 11.4. The second-order valence-corrected chi connectivity index (χ2v) is 29.0. The second-order valence-electron chi connectivity index (χ2n) is 27.5. The Hall–Kier alpha value is -2.55. The van der Waals surface area contributed by atoms with E-state index in [4.69, 9.17) is 13.8 Å². The third kappa shape index (κ3) is 69.8. The number of nitrogens with one attached hydrogen (secondary N) is 1. The van der Waals surface area contributed by atoms with E-state index in [1.54, 1.807) is 0 Å². The molecule has 9 nitrogen and oxygen atoms in total. The molecular formula is C80H150N2O7P+. The molecule has 0 saturated heterocycles. The summed E-state index contributed by atoms with van der Waals surface area (Å²) in [7, 11) is 1.50. The van der Waals surface area contributed by atoms with Crippen molar-refractivity contribution < 1.29 is 37.3 Å². The third-order valence-corrected chi connectivity index (χ3v) is 18.4. The van der Waals surface area contributed by atoms with Gasteiger partial charge in [-0.2, -0.15) is 0 Å². The van der Waals surface area contributed by atoms with E-state index in [1.165, 1.54) is 250 Å². The average molecular weight is 1280 g/mol. The quantitative estimate of drug-likeness (QED) is 0.0205. The van der Waals surface area contributed by atoms with E-state index in [0.717, 1.165) is 89.9 Å². The lowest BCUT2D eigenvalue weighted by atomic mass is 10.0. The molecule has 0 spiro atoms. The number of phosphoric ester groups is 1. The third-order valence-electron chi connectivity index (χ3n) is 17.4. The average Bonchev–Trinajstić information content (AvgIpc) is 3.11. The lowest BCUT2D eigenvalue weighted by molar-refractivity contribution is -0.870. The predicted octanol–water partition coefficient (Wildman–Crippen LogP) is 25.1. The van der Waals surface area contributed by atoms with E-state index in [0.29, 0.717) is 23.9 Å². The predicted molar refractivity (Wildman–Crippen MR) is 392 cm³/mol. The summed E-state index contributed by atoms with van der Waals surface area (Å²) in [5, 5.41) is 3.08. The number of hydrogen-bond donors (Lipinski definition) is 2. The molecule has 0 bridgehead atoms. The molecule has 10 heteroatoms. The van der Waals surface area contributed by atoms with E-state index in [9.17, 15) is 19.0 Å². The van der Waals surface area contributed by atoms with Crippen molar-refractivity contribution in [2.24, 2.45) is 0 Å². The lowest BCUT2D eigenvalue weighted by Gasteiger charge is -2.27. The van der Waals surface area contributed by atoms with Gasteiger partial charge in [-0.3, -0.25) is 18.6 Å². The van der Waals surface area contributed by atoms with Gasteiger partial charge in [0, 0.05) is 12.8 Å². The Bertz CT molecular complexity index is 1770. The van der Waals surface area contributed by atoms with Gasteiger partial charge in [-0.1, -0.05) is 332 Å². The molecule has 526 valence electrons. The number of phosphoric acid groups is 1. The largest absolute Gasteiger partial charge is 0.472 e. The highest BCUT2D eigenvalue weighted by Crippen LogP contribution is 2.43. The number of ether oxygens (including phenoxy) is 1. The minimum absolute atomic E-state index is 0.0384. The van der Waals surface area contributed by atoms with Gasteiger partial charge in [0.05, 0.1) is 33.8 Å². The first-order valence-corrected chi connectivity index (χ1v) is 40.3. The Morgan fingerprint density at radius 3 is 1.04 bits per heavy atom. The summed E-state index contributed by atoms with van der Waals surface area (Å²) in [6.45, 7) is 7.02. The van der Waals surface area contributed by atoms with Crippen LogP contribution in [0.1, 0.15) is 374 Å². The Kier molecular flexibility index (Phi) is 67.3. The number of rotatable bonds is 71. The van der Waals surface area contributed by atoms with Crippen molar-refractivity contribution in [3.05, 3.63) is 72.9 Å². The highest BCUT2D eigenvalue weighted by molar-refractivity contribution is 7.47. The van der Waals surface area contributed by atoms with Gasteiger partial charge >= 0.3 is 13.8 Å². The van der Waals surface area contributed by atoms with Crippen molar-refractivity contribution in [2.45, 2.75) is 386 Å². The van der Waals surface area contributed by atoms with Crippen LogP contribution in [0.3, 0.4) is 0 Å². The monoisotopic (exact) mass is 1280 g/mol. The number of likely N-dealkylation sites (N-methyl/N-ethyl adjacent to an activating group) is 1. The molecule has 0 aliphatic carbocycles. The molecule has 90 heavy (non-hydrogen) atoms. The number of allylic oxidation sites excluding steroid dienone is 11. The molecule has 0 aliphatic rings. The molecular weight excluding hydrogens is 1130 g/mol. The number of nitrogens with zero attached hydrogens (tertiary/aromatic N) is 1. The van der Waals surface area contributed by atoms with Gasteiger partial charge in [-0.15, -0.1) is 0 Å². The molecule has 0 aromatic carbocycles. The highest BCUT2D eigenvalue weighted by atomic mass is 31.2. The normalized spacial score (nSPS) is 13.8. The molecule has 0 aliphatic heterocycles. The Morgan fingerprint density at radius 2 is 0.678 bits per heavy atom. The van der Waals surface area contributed by atoms with Crippen LogP contribution in [0.5, 0.6) is 0 Å². The molecule has 0 rings (SSSR count). The van der Waals surface area contributed by atoms with E-state index in [1.807, 2.05) is 33.3 Å². The SMILES string of the molecule is CCCCC/C=C\C/C=C\C/C=C\C/C=C\CCCCCCCCCCCC(=O)NC(COP(=O)(O)OCC[N+](C)(C)C)C(/C=C/CCCCCCCCCCCC)OC(=O)CCCCCCCCCCCCCCCCCCC/C=C/CCCCCCCC. The summed E-state index contributed by atoms with van der Waals surface area (Å²) < 4.78 is 30.9. The van der Waals surface area contributed by atoms with E-state index in [-0.39, 0.29) is 25.1 Å². The van der Waals surface area contributed by atoms with E-state index in [2.05, 4.69) is 86.8 Å². The topological polar surface area (TPSA) is 111 Å². The zero-order valence-corrected chi connectivity index (χ0v) is 61.3. The fourth-order valence-corrected chi connectivity index (χ4v) is 12.1. The number of carbonyl (C=O) groups is 2. The van der Waals surface area contributed by atoms with Crippen LogP contribution in [0.25, 0.3) is 0 Å². The molecule has 0 heterocycles. The van der Waals surface area contributed by atoms with Crippen LogP contribution >= 0.6 is 7.82 Å². The van der Waals surface area contributed by atoms with Gasteiger partial charge < -0.3 is 19.4 Å². The van der Waals surface area contributed by atoms with Crippen LogP contribution < -0.4 is 5.32 Å². The number of unbranched alkanes of at least 4 members (excludes halogenated alkanes) is 45. The summed E-state index contributed by atoms with van der Waals surface area (Å²) >= 11 is 0. The molecule has 0 fully saturated rings.